The van der Waals surface area contributed by atoms with Crippen LogP contribution in [0, 0.1) is 11.7 Å². The third kappa shape index (κ3) is 3.82. The van der Waals surface area contributed by atoms with Gasteiger partial charge in [-0.05, 0) is 42.8 Å². The Morgan fingerprint density at radius 3 is 2.62 bits per heavy atom. The fraction of sp³-hybridized carbons (Fsp3) is 0.333. The van der Waals surface area contributed by atoms with E-state index in [1.54, 1.807) is 17.0 Å². The van der Waals surface area contributed by atoms with Gasteiger partial charge < -0.3 is 14.8 Å². The van der Waals surface area contributed by atoms with Gasteiger partial charge >= 0.3 is 0 Å². The van der Waals surface area contributed by atoms with Gasteiger partial charge in [0.15, 0.2) is 0 Å². The van der Waals surface area contributed by atoms with Gasteiger partial charge in [0.05, 0.1) is 5.92 Å². The molecule has 24 heavy (non-hydrogen) atoms. The molecule has 1 N–H and O–H groups in total. The molecule has 3 rings (SSSR count). The zero-order valence-electron chi connectivity index (χ0n) is 13.3. The maximum Gasteiger partial charge on any atom is 0.227 e. The van der Waals surface area contributed by atoms with Gasteiger partial charge in [0.2, 0.25) is 11.8 Å². The van der Waals surface area contributed by atoms with Crippen molar-refractivity contribution in [2.45, 2.75) is 19.4 Å². The van der Waals surface area contributed by atoms with Crippen LogP contribution in [0.4, 0.5) is 10.1 Å². The Morgan fingerprint density at radius 1 is 1.21 bits per heavy atom. The number of carbonyl (C=O) groups is 2. The summed E-state index contributed by atoms with van der Waals surface area (Å²) in [6, 6.07) is 9.68. The van der Waals surface area contributed by atoms with Crippen molar-refractivity contribution in [1.29, 1.82) is 0 Å². The number of anilines is 1. The zero-order valence-corrected chi connectivity index (χ0v) is 13.3. The molecule has 1 fully saturated rings. The number of halogens is 1. The summed E-state index contributed by atoms with van der Waals surface area (Å²) in [5.74, 6) is -0.897. The first-order chi connectivity index (χ1) is 11.6. The molecule has 5 nitrogen and oxygen atoms in total. The number of carbonyl (C=O) groups excluding carboxylic acids is 2. The minimum absolute atomic E-state index is 0.0968. The van der Waals surface area contributed by atoms with Crippen LogP contribution in [-0.4, -0.2) is 29.5 Å². The first-order valence-electron chi connectivity index (χ1n) is 8.08. The highest BCUT2D eigenvalue weighted by atomic mass is 19.1. The molecule has 2 amide bonds. The van der Waals surface area contributed by atoms with Gasteiger partial charge in [0.25, 0.3) is 0 Å². The summed E-state index contributed by atoms with van der Waals surface area (Å²) >= 11 is 0. The summed E-state index contributed by atoms with van der Waals surface area (Å²) in [6.07, 6.45) is 5.00. The predicted molar refractivity (Wildman–Crippen MR) is 88.9 cm³/mol. The SMILES string of the molecule is O=C(NCCCn1cccc1)C1CC(=O)N(c2ccc(F)cc2)C1. The third-order valence-electron chi connectivity index (χ3n) is 4.19. The topological polar surface area (TPSA) is 54.3 Å². The lowest BCUT2D eigenvalue weighted by molar-refractivity contribution is -0.126. The molecule has 1 aromatic heterocycles. The quantitative estimate of drug-likeness (QED) is 0.826. The van der Waals surface area contributed by atoms with Crippen molar-refractivity contribution in [2.24, 2.45) is 5.92 Å². The molecule has 1 atom stereocenters. The van der Waals surface area contributed by atoms with Crippen LogP contribution < -0.4 is 10.2 Å². The molecule has 2 aromatic rings. The summed E-state index contributed by atoms with van der Waals surface area (Å²) in [5, 5.41) is 2.90. The highest BCUT2D eigenvalue weighted by Crippen LogP contribution is 2.25. The third-order valence-corrected chi connectivity index (χ3v) is 4.19. The lowest BCUT2D eigenvalue weighted by atomic mass is 10.1. The fourth-order valence-corrected chi connectivity index (χ4v) is 2.89. The number of hydrogen-bond donors (Lipinski definition) is 1. The fourth-order valence-electron chi connectivity index (χ4n) is 2.89. The second kappa shape index (κ2) is 7.29. The number of hydrogen-bond acceptors (Lipinski definition) is 2. The van der Waals surface area contributed by atoms with E-state index < -0.39 is 0 Å². The van der Waals surface area contributed by atoms with Crippen LogP contribution in [-0.2, 0) is 16.1 Å². The van der Waals surface area contributed by atoms with Crippen LogP contribution in [0.5, 0.6) is 0 Å². The number of rotatable bonds is 6. The molecule has 1 aromatic carbocycles. The molecule has 0 aliphatic carbocycles. The summed E-state index contributed by atoms with van der Waals surface area (Å²) in [5.41, 5.74) is 0.629. The van der Waals surface area contributed by atoms with Gasteiger partial charge in [-0.3, -0.25) is 9.59 Å². The van der Waals surface area contributed by atoms with Gasteiger partial charge in [0, 0.05) is 44.1 Å². The Bertz CT molecular complexity index is 698. The van der Waals surface area contributed by atoms with E-state index in [-0.39, 0.29) is 30.0 Å². The average molecular weight is 329 g/mol. The van der Waals surface area contributed by atoms with Gasteiger partial charge in [-0.15, -0.1) is 0 Å². The minimum Gasteiger partial charge on any atom is -0.356 e. The minimum atomic E-state index is -0.353. The average Bonchev–Trinajstić information content (AvgIpc) is 3.22. The van der Waals surface area contributed by atoms with Crippen molar-refractivity contribution in [3.8, 4) is 0 Å². The van der Waals surface area contributed by atoms with E-state index in [9.17, 15) is 14.0 Å². The highest BCUT2D eigenvalue weighted by Gasteiger charge is 2.34. The Hall–Kier alpha value is -2.63. The van der Waals surface area contributed by atoms with Crippen molar-refractivity contribution >= 4 is 17.5 Å². The Kier molecular flexibility index (Phi) is 4.93. The Balaban J connectivity index is 1.47. The molecule has 6 heteroatoms. The molecule has 126 valence electrons. The predicted octanol–water partition coefficient (Wildman–Crippen LogP) is 2.19. The molecule has 1 aliphatic rings. The number of aromatic nitrogens is 1. The van der Waals surface area contributed by atoms with Crippen LogP contribution >= 0.6 is 0 Å². The van der Waals surface area contributed by atoms with Crippen LogP contribution in [0.1, 0.15) is 12.8 Å². The number of nitrogens with one attached hydrogen (secondary N) is 1. The van der Waals surface area contributed by atoms with Crippen LogP contribution in [0.15, 0.2) is 48.8 Å². The van der Waals surface area contributed by atoms with Crippen LogP contribution in [0.25, 0.3) is 0 Å². The standard InChI is InChI=1S/C18H20FN3O2/c19-15-4-6-16(7-5-15)22-13-14(12-17(22)23)18(24)20-8-3-11-21-9-1-2-10-21/h1-2,4-7,9-10,14H,3,8,11-13H2,(H,20,24). The van der Waals surface area contributed by atoms with Gasteiger partial charge in [-0.2, -0.15) is 0 Å². The largest absolute Gasteiger partial charge is 0.356 e. The number of aryl methyl sites for hydroxylation is 1. The van der Waals surface area contributed by atoms with E-state index in [2.05, 4.69) is 9.88 Å². The Morgan fingerprint density at radius 2 is 1.92 bits per heavy atom. The second-order valence-electron chi connectivity index (χ2n) is 5.95. The smallest absolute Gasteiger partial charge is 0.227 e. The van der Waals surface area contributed by atoms with E-state index in [0.29, 0.717) is 18.8 Å². The van der Waals surface area contributed by atoms with Crippen molar-refractivity contribution < 1.29 is 14.0 Å². The molecule has 2 heterocycles. The molecular weight excluding hydrogens is 309 g/mol. The second-order valence-corrected chi connectivity index (χ2v) is 5.95. The van der Waals surface area contributed by atoms with Gasteiger partial charge in [-0.1, -0.05) is 0 Å². The van der Waals surface area contributed by atoms with E-state index in [0.717, 1.165) is 13.0 Å². The molecule has 1 unspecified atom stereocenters. The molecule has 1 saturated heterocycles. The summed E-state index contributed by atoms with van der Waals surface area (Å²) < 4.78 is 15.0. The van der Waals surface area contributed by atoms with E-state index >= 15 is 0 Å². The monoisotopic (exact) mass is 329 g/mol. The summed E-state index contributed by atoms with van der Waals surface area (Å²) in [7, 11) is 0. The zero-order chi connectivity index (χ0) is 16.9. The molecule has 0 bridgehead atoms. The summed E-state index contributed by atoms with van der Waals surface area (Å²) in [6.45, 7) is 1.77. The van der Waals surface area contributed by atoms with Crippen LogP contribution in [0.2, 0.25) is 0 Å². The maximum atomic E-state index is 13.0. The molecule has 0 spiro atoms. The van der Waals surface area contributed by atoms with Gasteiger partial charge in [0.1, 0.15) is 5.82 Å². The van der Waals surface area contributed by atoms with Gasteiger partial charge in [-0.25, -0.2) is 4.39 Å². The van der Waals surface area contributed by atoms with E-state index in [1.807, 2.05) is 24.5 Å². The lowest BCUT2D eigenvalue weighted by Gasteiger charge is -2.16. The van der Waals surface area contributed by atoms with Crippen molar-refractivity contribution in [1.82, 2.24) is 9.88 Å². The Labute approximate surface area is 140 Å². The number of nitrogens with zero attached hydrogens (tertiary/aromatic N) is 2. The molecular formula is C18H20FN3O2. The molecule has 0 radical (unpaired) electrons. The maximum absolute atomic E-state index is 13.0. The first-order valence-corrected chi connectivity index (χ1v) is 8.08. The van der Waals surface area contributed by atoms with E-state index in [4.69, 9.17) is 0 Å². The number of benzene rings is 1. The normalized spacial score (nSPS) is 17.3. The highest BCUT2D eigenvalue weighted by molar-refractivity contribution is 6.00. The number of amides is 2. The molecule has 0 saturated carbocycles. The van der Waals surface area contributed by atoms with Crippen molar-refractivity contribution in [3.05, 3.63) is 54.6 Å². The lowest BCUT2D eigenvalue weighted by Crippen LogP contribution is -2.33. The van der Waals surface area contributed by atoms with Crippen molar-refractivity contribution in [2.75, 3.05) is 18.0 Å². The van der Waals surface area contributed by atoms with Crippen molar-refractivity contribution in [3.63, 3.8) is 0 Å². The van der Waals surface area contributed by atoms with E-state index in [1.165, 1.54) is 12.1 Å². The first kappa shape index (κ1) is 16.2. The summed E-state index contributed by atoms with van der Waals surface area (Å²) in [4.78, 5) is 25.9. The molecule has 1 aliphatic heterocycles. The van der Waals surface area contributed by atoms with Crippen LogP contribution in [0.3, 0.4) is 0 Å².